The van der Waals surface area contributed by atoms with Crippen molar-refractivity contribution >= 4 is 0 Å². The number of rotatable bonds is 2. The molecule has 104 valence electrons. The van der Waals surface area contributed by atoms with Gasteiger partial charge in [-0.1, -0.05) is 23.8 Å². The normalized spacial score (nSPS) is 13.9. The molecule has 0 spiro atoms. The number of ether oxygens (including phenoxy) is 1. The van der Waals surface area contributed by atoms with Gasteiger partial charge in [0.15, 0.2) is 0 Å². The van der Waals surface area contributed by atoms with Crippen molar-refractivity contribution in [2.45, 2.75) is 26.8 Å². The molecule has 0 bridgehead atoms. The first-order valence-corrected chi connectivity index (χ1v) is 7.18. The van der Waals surface area contributed by atoms with E-state index in [4.69, 9.17) is 4.74 Å². The Bertz CT molecular complexity index is 646. The second kappa shape index (κ2) is 5.29. The van der Waals surface area contributed by atoms with Crippen molar-refractivity contribution in [2.24, 2.45) is 0 Å². The average molecular weight is 267 g/mol. The van der Waals surface area contributed by atoms with Gasteiger partial charge in [-0.2, -0.15) is 0 Å². The summed E-state index contributed by atoms with van der Waals surface area (Å²) in [4.78, 5) is 0. The van der Waals surface area contributed by atoms with Crippen molar-refractivity contribution in [3.63, 3.8) is 0 Å². The Kier molecular flexibility index (Phi) is 3.49. The van der Waals surface area contributed by atoms with Crippen molar-refractivity contribution in [1.82, 2.24) is 5.32 Å². The van der Waals surface area contributed by atoms with Crippen molar-refractivity contribution in [3.05, 3.63) is 52.6 Å². The molecule has 0 aromatic heterocycles. The summed E-state index contributed by atoms with van der Waals surface area (Å²) in [7, 11) is 1.75. The first-order chi connectivity index (χ1) is 9.70. The minimum atomic E-state index is 0.959. The van der Waals surface area contributed by atoms with Crippen molar-refractivity contribution in [2.75, 3.05) is 13.7 Å². The molecule has 2 nitrogen and oxygen atoms in total. The summed E-state index contributed by atoms with van der Waals surface area (Å²) in [6.07, 6.45) is 1.09. The van der Waals surface area contributed by atoms with Crippen LogP contribution in [0.15, 0.2) is 30.3 Å². The maximum Gasteiger partial charge on any atom is 0.126 e. The standard InChI is InChI=1S/C18H21NO/c1-12-4-7-18(20-3)16(10-12)14-6-5-13(2)17-11-19-9-8-15(14)17/h4-7,10,19H,8-9,11H2,1-3H3. The molecule has 0 atom stereocenters. The highest BCUT2D eigenvalue weighted by atomic mass is 16.5. The second-order valence-corrected chi connectivity index (χ2v) is 5.52. The molecule has 2 aromatic rings. The van der Waals surface area contributed by atoms with E-state index >= 15 is 0 Å². The van der Waals surface area contributed by atoms with Crippen LogP contribution in [0.5, 0.6) is 5.75 Å². The van der Waals surface area contributed by atoms with Gasteiger partial charge in [0.25, 0.3) is 0 Å². The second-order valence-electron chi connectivity index (χ2n) is 5.52. The van der Waals surface area contributed by atoms with Crippen LogP contribution in [0.4, 0.5) is 0 Å². The van der Waals surface area contributed by atoms with Crippen LogP contribution in [-0.2, 0) is 13.0 Å². The molecule has 3 rings (SSSR count). The SMILES string of the molecule is COc1ccc(C)cc1-c1ccc(C)c2c1CCNC2. The van der Waals surface area contributed by atoms with Gasteiger partial charge in [-0.25, -0.2) is 0 Å². The number of hydrogen-bond acceptors (Lipinski definition) is 2. The molecule has 0 saturated carbocycles. The highest BCUT2D eigenvalue weighted by Crippen LogP contribution is 2.36. The predicted molar refractivity (Wildman–Crippen MR) is 83.3 cm³/mol. The van der Waals surface area contributed by atoms with Crippen LogP contribution in [0.25, 0.3) is 11.1 Å². The summed E-state index contributed by atoms with van der Waals surface area (Å²) in [5.74, 6) is 0.959. The molecule has 0 fully saturated rings. The zero-order valence-electron chi connectivity index (χ0n) is 12.4. The van der Waals surface area contributed by atoms with E-state index in [-0.39, 0.29) is 0 Å². The van der Waals surface area contributed by atoms with Gasteiger partial charge in [0, 0.05) is 12.1 Å². The van der Waals surface area contributed by atoms with E-state index in [1.54, 1.807) is 7.11 Å². The van der Waals surface area contributed by atoms with E-state index in [2.05, 4.69) is 49.5 Å². The molecule has 0 aliphatic carbocycles. The predicted octanol–water partition coefficient (Wildman–Crippen LogP) is 3.62. The van der Waals surface area contributed by atoms with Gasteiger partial charge < -0.3 is 10.1 Å². The first kappa shape index (κ1) is 13.2. The number of benzene rings is 2. The van der Waals surface area contributed by atoms with E-state index in [0.29, 0.717) is 0 Å². The minimum Gasteiger partial charge on any atom is -0.496 e. The largest absolute Gasteiger partial charge is 0.496 e. The number of methoxy groups -OCH3 is 1. The van der Waals surface area contributed by atoms with E-state index in [1.807, 2.05) is 0 Å². The van der Waals surface area contributed by atoms with Crippen LogP contribution in [0.3, 0.4) is 0 Å². The highest BCUT2D eigenvalue weighted by molar-refractivity contribution is 5.76. The van der Waals surface area contributed by atoms with Gasteiger partial charge in [-0.05, 0) is 61.2 Å². The Morgan fingerprint density at radius 1 is 1.00 bits per heavy atom. The summed E-state index contributed by atoms with van der Waals surface area (Å²) in [6, 6.07) is 10.9. The van der Waals surface area contributed by atoms with Gasteiger partial charge in [0.2, 0.25) is 0 Å². The van der Waals surface area contributed by atoms with Crippen LogP contribution < -0.4 is 10.1 Å². The average Bonchev–Trinajstić information content (AvgIpc) is 2.48. The van der Waals surface area contributed by atoms with Crippen molar-refractivity contribution < 1.29 is 4.74 Å². The minimum absolute atomic E-state index is 0.959. The fourth-order valence-corrected chi connectivity index (χ4v) is 3.05. The van der Waals surface area contributed by atoms with Gasteiger partial charge >= 0.3 is 0 Å². The highest BCUT2D eigenvalue weighted by Gasteiger charge is 2.18. The Morgan fingerprint density at radius 3 is 2.65 bits per heavy atom. The third-order valence-corrected chi connectivity index (χ3v) is 4.16. The summed E-state index contributed by atoms with van der Waals surface area (Å²) >= 11 is 0. The quantitative estimate of drug-likeness (QED) is 0.897. The molecule has 20 heavy (non-hydrogen) atoms. The van der Waals surface area contributed by atoms with Crippen LogP contribution in [0.2, 0.25) is 0 Å². The molecule has 0 radical (unpaired) electrons. The van der Waals surface area contributed by atoms with Gasteiger partial charge in [0.05, 0.1) is 7.11 Å². The lowest BCUT2D eigenvalue weighted by atomic mass is 9.88. The number of hydrogen-bond donors (Lipinski definition) is 1. The Labute approximate surface area is 120 Å². The molecule has 2 aromatic carbocycles. The molecule has 2 heteroatoms. The van der Waals surface area contributed by atoms with E-state index < -0.39 is 0 Å². The molecule has 1 aliphatic heterocycles. The molecule has 1 aliphatic rings. The Morgan fingerprint density at radius 2 is 1.85 bits per heavy atom. The molecule has 1 heterocycles. The Hall–Kier alpha value is -1.80. The van der Waals surface area contributed by atoms with E-state index in [0.717, 1.165) is 25.3 Å². The fourth-order valence-electron chi connectivity index (χ4n) is 3.05. The molecule has 0 unspecified atom stereocenters. The lowest BCUT2D eigenvalue weighted by Crippen LogP contribution is -2.25. The number of aryl methyl sites for hydroxylation is 2. The molecular formula is C18H21NO. The third kappa shape index (κ3) is 2.20. The van der Waals surface area contributed by atoms with Crippen LogP contribution >= 0.6 is 0 Å². The summed E-state index contributed by atoms with van der Waals surface area (Å²) in [6.45, 7) is 6.36. The van der Waals surface area contributed by atoms with Crippen molar-refractivity contribution in [1.29, 1.82) is 0 Å². The topological polar surface area (TPSA) is 21.3 Å². The fraction of sp³-hybridized carbons (Fsp3) is 0.333. The molecule has 0 amide bonds. The zero-order valence-corrected chi connectivity index (χ0v) is 12.4. The third-order valence-electron chi connectivity index (χ3n) is 4.16. The summed E-state index contributed by atoms with van der Waals surface area (Å²) < 4.78 is 5.56. The molecule has 0 saturated heterocycles. The number of fused-ring (bicyclic) bond motifs is 1. The van der Waals surface area contributed by atoms with Gasteiger partial charge in [-0.15, -0.1) is 0 Å². The van der Waals surface area contributed by atoms with Crippen LogP contribution in [0.1, 0.15) is 22.3 Å². The lowest BCUT2D eigenvalue weighted by Gasteiger charge is -2.23. The van der Waals surface area contributed by atoms with Gasteiger partial charge in [-0.3, -0.25) is 0 Å². The zero-order chi connectivity index (χ0) is 14.1. The lowest BCUT2D eigenvalue weighted by molar-refractivity contribution is 0.416. The number of nitrogens with one attached hydrogen (secondary N) is 1. The first-order valence-electron chi connectivity index (χ1n) is 7.18. The molecular weight excluding hydrogens is 246 g/mol. The van der Waals surface area contributed by atoms with Crippen molar-refractivity contribution in [3.8, 4) is 16.9 Å². The molecule has 1 N–H and O–H groups in total. The smallest absolute Gasteiger partial charge is 0.126 e. The summed E-state index contributed by atoms with van der Waals surface area (Å²) in [5, 5.41) is 3.47. The van der Waals surface area contributed by atoms with E-state index in [9.17, 15) is 0 Å². The maximum absolute atomic E-state index is 5.56. The van der Waals surface area contributed by atoms with Crippen LogP contribution in [0, 0.1) is 13.8 Å². The van der Waals surface area contributed by atoms with E-state index in [1.165, 1.54) is 33.4 Å². The maximum atomic E-state index is 5.56. The summed E-state index contributed by atoms with van der Waals surface area (Å²) in [5.41, 5.74) is 8.12. The Balaban J connectivity index is 2.22. The van der Waals surface area contributed by atoms with Crippen LogP contribution in [-0.4, -0.2) is 13.7 Å². The van der Waals surface area contributed by atoms with Gasteiger partial charge in [0.1, 0.15) is 5.75 Å². The monoisotopic (exact) mass is 267 g/mol.